The maximum absolute atomic E-state index is 6.78. The lowest BCUT2D eigenvalue weighted by atomic mass is 9.43. The molecule has 3 heterocycles. The number of hydrogen-bond donors (Lipinski definition) is 0. The van der Waals surface area contributed by atoms with Gasteiger partial charge >= 0.3 is 0 Å². The van der Waals surface area contributed by atoms with E-state index in [1.807, 2.05) is 13.4 Å². The number of fused-ring (bicyclic) bond motifs is 3. The van der Waals surface area contributed by atoms with Crippen molar-refractivity contribution in [1.82, 2.24) is 4.90 Å². The van der Waals surface area contributed by atoms with Crippen LogP contribution in [0.3, 0.4) is 0 Å². The highest BCUT2D eigenvalue weighted by molar-refractivity contribution is 5.38. The third kappa shape index (κ3) is 3.02. The molecule has 2 aliphatic heterocycles. The molecule has 194 valence electrons. The maximum atomic E-state index is 6.78. The molecule has 0 aromatic carbocycles. The van der Waals surface area contributed by atoms with Crippen LogP contribution in [-0.4, -0.2) is 56.1 Å². The van der Waals surface area contributed by atoms with Crippen LogP contribution in [0.5, 0.6) is 0 Å². The van der Waals surface area contributed by atoms with Gasteiger partial charge in [0.2, 0.25) is 0 Å². The predicted molar refractivity (Wildman–Crippen MR) is 134 cm³/mol. The van der Waals surface area contributed by atoms with Gasteiger partial charge < -0.3 is 23.5 Å². The van der Waals surface area contributed by atoms with Crippen LogP contribution in [0.1, 0.15) is 83.6 Å². The number of nitrogens with zero attached hydrogens (tertiary/aromatic N) is 1. The fourth-order valence-corrected chi connectivity index (χ4v) is 10.5. The lowest BCUT2D eigenvalue weighted by Gasteiger charge is -2.62. The minimum Gasteiger partial charge on any atom is -0.472 e. The molecule has 35 heavy (non-hydrogen) atoms. The minimum absolute atomic E-state index is 0.00351. The van der Waals surface area contributed by atoms with Gasteiger partial charge in [-0.05, 0) is 100 Å². The smallest absolute Gasteiger partial charge is 0.107 e. The molecule has 0 radical (unpaired) electrons. The number of rotatable bonds is 6. The van der Waals surface area contributed by atoms with Gasteiger partial charge in [-0.15, -0.1) is 0 Å². The lowest BCUT2D eigenvalue weighted by Crippen LogP contribution is -2.61. The average molecular weight is 484 g/mol. The van der Waals surface area contributed by atoms with Gasteiger partial charge in [0.05, 0.1) is 31.3 Å². The van der Waals surface area contributed by atoms with Crippen molar-refractivity contribution < 1.29 is 18.6 Å². The Balaban J connectivity index is 1.08. The second kappa shape index (κ2) is 8.06. The van der Waals surface area contributed by atoms with Crippen LogP contribution in [0.4, 0.5) is 0 Å². The Morgan fingerprint density at radius 1 is 1.06 bits per heavy atom. The number of likely N-dealkylation sites (tertiary alicyclic amines) is 1. The van der Waals surface area contributed by atoms with Crippen LogP contribution in [0.2, 0.25) is 0 Å². The Morgan fingerprint density at radius 2 is 1.91 bits per heavy atom. The van der Waals surface area contributed by atoms with Gasteiger partial charge in [-0.25, -0.2) is 0 Å². The molecule has 9 atom stereocenters. The van der Waals surface area contributed by atoms with Crippen molar-refractivity contribution in [2.75, 3.05) is 33.4 Å². The standard InChI is InChI=1S/C30H45NO4/c1-27-11-8-23(34-17-15-31-13-4-5-14-31)18-21(27)6-7-25-24(27)9-12-28(2)29(32-3,22-10-16-33-20-22)19-26-30(25,28)35-26/h10,16,20-21,23-26H,4-9,11-15,17-19H2,1-3H3/t21-,23+,24+,25-,26-,27+,28-,29+,30-/m1/s1. The summed E-state index contributed by atoms with van der Waals surface area (Å²) in [5.74, 6) is 2.22. The zero-order chi connectivity index (χ0) is 23.9. The molecular formula is C30H45NO4. The van der Waals surface area contributed by atoms with Crippen molar-refractivity contribution >= 4 is 0 Å². The average Bonchev–Trinajstić information content (AvgIpc) is 3.28. The number of epoxide rings is 1. The third-order valence-electron chi connectivity index (χ3n) is 12.4. The van der Waals surface area contributed by atoms with Gasteiger partial charge in [-0.3, -0.25) is 0 Å². The van der Waals surface area contributed by atoms with Gasteiger partial charge in [-0.2, -0.15) is 0 Å². The van der Waals surface area contributed by atoms with E-state index in [1.54, 1.807) is 6.26 Å². The SMILES string of the molecule is CO[C@]1(c2ccoc2)C[C@H]2O[C@]23[C@@H]2CC[C@@H]4C[C@@H](OCCN5CCCC5)CC[C@]4(C)[C@H]2CC[C@@]31C. The summed E-state index contributed by atoms with van der Waals surface area (Å²) in [6.45, 7) is 9.70. The van der Waals surface area contributed by atoms with E-state index in [0.29, 0.717) is 23.5 Å². The van der Waals surface area contributed by atoms with Crippen LogP contribution in [0.25, 0.3) is 0 Å². The molecule has 1 aromatic rings. The van der Waals surface area contributed by atoms with Crippen LogP contribution < -0.4 is 0 Å². The quantitative estimate of drug-likeness (QED) is 0.480. The van der Waals surface area contributed by atoms with Gasteiger partial charge in [0.1, 0.15) is 11.2 Å². The van der Waals surface area contributed by atoms with Crippen LogP contribution in [0, 0.1) is 28.6 Å². The fraction of sp³-hybridized carbons (Fsp3) is 0.867. The summed E-state index contributed by atoms with van der Waals surface area (Å²) >= 11 is 0. The Bertz CT molecular complexity index is 929. The monoisotopic (exact) mass is 483 g/mol. The van der Waals surface area contributed by atoms with Crippen molar-refractivity contribution in [2.45, 2.75) is 101 Å². The molecule has 1 aromatic heterocycles. The summed E-state index contributed by atoms with van der Waals surface area (Å²) in [5, 5.41) is 0. The Morgan fingerprint density at radius 3 is 2.69 bits per heavy atom. The van der Waals surface area contributed by atoms with E-state index in [-0.39, 0.29) is 16.6 Å². The molecule has 4 saturated carbocycles. The number of ether oxygens (including phenoxy) is 3. The molecule has 0 amide bonds. The minimum atomic E-state index is -0.285. The van der Waals surface area contributed by atoms with E-state index in [9.17, 15) is 0 Å². The van der Waals surface area contributed by atoms with E-state index in [4.69, 9.17) is 18.6 Å². The molecule has 5 heteroatoms. The maximum Gasteiger partial charge on any atom is 0.107 e. The third-order valence-corrected chi connectivity index (χ3v) is 12.4. The van der Waals surface area contributed by atoms with Crippen molar-refractivity contribution in [1.29, 1.82) is 0 Å². The van der Waals surface area contributed by atoms with Gasteiger partial charge in [-0.1, -0.05) is 13.8 Å². The molecule has 4 aliphatic carbocycles. The Hall–Kier alpha value is -0.880. The number of furan rings is 1. The van der Waals surface area contributed by atoms with Gasteiger partial charge in [0, 0.05) is 31.1 Å². The first-order valence-corrected chi connectivity index (χ1v) is 14.6. The first-order valence-electron chi connectivity index (χ1n) is 14.6. The number of hydrogen-bond acceptors (Lipinski definition) is 5. The Labute approximate surface area is 211 Å². The van der Waals surface area contributed by atoms with Crippen molar-refractivity contribution in [3.8, 4) is 0 Å². The van der Waals surface area contributed by atoms with Crippen molar-refractivity contribution in [3.63, 3.8) is 0 Å². The normalized spacial score (nSPS) is 50.9. The molecular weight excluding hydrogens is 438 g/mol. The first-order chi connectivity index (χ1) is 17.0. The molecule has 5 nitrogen and oxygen atoms in total. The summed E-state index contributed by atoms with van der Waals surface area (Å²) in [5.41, 5.74) is 1.34. The lowest BCUT2D eigenvalue weighted by molar-refractivity contribution is -0.205. The largest absolute Gasteiger partial charge is 0.472 e. The van der Waals surface area contributed by atoms with Gasteiger partial charge in [0.25, 0.3) is 0 Å². The highest BCUT2D eigenvalue weighted by atomic mass is 16.6. The fourth-order valence-electron chi connectivity index (χ4n) is 10.5. The highest BCUT2D eigenvalue weighted by Gasteiger charge is 2.85. The molecule has 0 N–H and O–H groups in total. The zero-order valence-electron chi connectivity index (χ0n) is 22.1. The summed E-state index contributed by atoms with van der Waals surface area (Å²) < 4.78 is 25.3. The van der Waals surface area contributed by atoms with Crippen molar-refractivity contribution in [3.05, 3.63) is 24.2 Å². The summed E-state index contributed by atoms with van der Waals surface area (Å²) in [6, 6.07) is 2.13. The summed E-state index contributed by atoms with van der Waals surface area (Å²) in [4.78, 5) is 2.58. The molecule has 6 aliphatic rings. The summed E-state index contributed by atoms with van der Waals surface area (Å²) in [6.07, 6.45) is 17.2. The zero-order valence-corrected chi connectivity index (χ0v) is 22.1. The van der Waals surface area contributed by atoms with Crippen LogP contribution in [0.15, 0.2) is 23.0 Å². The second-order valence-electron chi connectivity index (χ2n) is 13.3. The van der Waals surface area contributed by atoms with E-state index in [1.165, 1.54) is 76.4 Å². The molecule has 1 spiro atoms. The molecule has 6 fully saturated rings. The van der Waals surface area contributed by atoms with E-state index in [0.717, 1.165) is 31.4 Å². The molecule has 7 rings (SSSR count). The number of methoxy groups -OCH3 is 1. The predicted octanol–water partition coefficient (Wildman–Crippen LogP) is 5.78. The molecule has 0 bridgehead atoms. The second-order valence-corrected chi connectivity index (χ2v) is 13.3. The van der Waals surface area contributed by atoms with E-state index in [2.05, 4.69) is 24.8 Å². The molecule has 2 saturated heterocycles. The van der Waals surface area contributed by atoms with Crippen molar-refractivity contribution in [2.24, 2.45) is 28.6 Å². The topological polar surface area (TPSA) is 47.4 Å². The van der Waals surface area contributed by atoms with Crippen LogP contribution in [-0.2, 0) is 19.8 Å². The molecule has 0 unspecified atom stereocenters. The first kappa shape index (κ1) is 23.3. The van der Waals surface area contributed by atoms with E-state index >= 15 is 0 Å². The Kier molecular flexibility index (Phi) is 5.35. The van der Waals surface area contributed by atoms with E-state index < -0.39 is 0 Å². The van der Waals surface area contributed by atoms with Gasteiger partial charge in [0.15, 0.2) is 0 Å². The summed E-state index contributed by atoms with van der Waals surface area (Å²) in [7, 11) is 1.91. The van der Waals surface area contributed by atoms with Crippen LogP contribution >= 0.6 is 0 Å². The highest BCUT2D eigenvalue weighted by Crippen LogP contribution is 2.79.